The van der Waals surface area contributed by atoms with Crippen LogP contribution in [0.3, 0.4) is 0 Å². The summed E-state index contributed by atoms with van der Waals surface area (Å²) in [4.78, 5) is 23.7. The summed E-state index contributed by atoms with van der Waals surface area (Å²) in [6.45, 7) is 10.2. The van der Waals surface area contributed by atoms with Crippen molar-refractivity contribution in [3.8, 4) is 0 Å². The van der Waals surface area contributed by atoms with Gasteiger partial charge >= 0.3 is 0 Å². The Morgan fingerprint density at radius 3 is 2.25 bits per heavy atom. The molecular weight excluding hydrogens is 254 g/mol. The molecule has 0 aromatic rings. The standard InChI is InChI=1S/C15H31N3O2/c1-6-12(9-10-16)7-8-13(19)17-11(2)14(20)18-15(3,4)5/h11-12H,6-10,16H2,1-5H3,(H,17,19)(H,18,20). The van der Waals surface area contributed by atoms with Gasteiger partial charge in [-0.05, 0) is 53.0 Å². The molecule has 2 unspecified atom stereocenters. The lowest BCUT2D eigenvalue weighted by Gasteiger charge is -2.23. The van der Waals surface area contributed by atoms with Crippen molar-refractivity contribution in [3.05, 3.63) is 0 Å². The molecule has 0 rings (SSSR count). The van der Waals surface area contributed by atoms with Crippen molar-refractivity contribution in [1.29, 1.82) is 0 Å². The van der Waals surface area contributed by atoms with E-state index in [2.05, 4.69) is 17.6 Å². The Hall–Kier alpha value is -1.10. The second-order valence-corrected chi connectivity index (χ2v) is 6.42. The molecule has 5 nitrogen and oxygen atoms in total. The van der Waals surface area contributed by atoms with Gasteiger partial charge in [0.25, 0.3) is 0 Å². The van der Waals surface area contributed by atoms with E-state index in [-0.39, 0.29) is 17.4 Å². The van der Waals surface area contributed by atoms with Gasteiger partial charge in [0.05, 0.1) is 0 Å². The van der Waals surface area contributed by atoms with Gasteiger partial charge in [-0.15, -0.1) is 0 Å². The van der Waals surface area contributed by atoms with Crippen molar-refractivity contribution >= 4 is 11.8 Å². The van der Waals surface area contributed by atoms with Crippen LogP contribution in [0.1, 0.15) is 60.3 Å². The molecule has 5 heteroatoms. The van der Waals surface area contributed by atoms with Crippen molar-refractivity contribution in [2.45, 2.75) is 71.9 Å². The van der Waals surface area contributed by atoms with Crippen LogP contribution in [0, 0.1) is 5.92 Å². The molecule has 0 fully saturated rings. The van der Waals surface area contributed by atoms with Crippen LogP contribution < -0.4 is 16.4 Å². The molecule has 0 saturated heterocycles. The molecule has 2 amide bonds. The van der Waals surface area contributed by atoms with Crippen molar-refractivity contribution in [2.24, 2.45) is 11.7 Å². The zero-order valence-corrected chi connectivity index (χ0v) is 13.6. The molecule has 118 valence electrons. The Labute approximate surface area is 123 Å². The Morgan fingerprint density at radius 1 is 1.20 bits per heavy atom. The molecule has 0 aliphatic heterocycles. The first kappa shape index (κ1) is 18.9. The van der Waals surface area contributed by atoms with Crippen molar-refractivity contribution in [2.75, 3.05) is 6.54 Å². The Kier molecular flexibility index (Phi) is 8.46. The maximum atomic E-state index is 11.8. The van der Waals surface area contributed by atoms with Gasteiger partial charge in [0.1, 0.15) is 6.04 Å². The zero-order chi connectivity index (χ0) is 15.8. The Bertz CT molecular complexity index is 311. The molecule has 0 bridgehead atoms. The highest BCUT2D eigenvalue weighted by molar-refractivity contribution is 5.87. The van der Waals surface area contributed by atoms with E-state index < -0.39 is 6.04 Å². The molecule has 0 aromatic carbocycles. The molecule has 0 saturated carbocycles. The van der Waals surface area contributed by atoms with Crippen LogP contribution in [0.2, 0.25) is 0 Å². The lowest BCUT2D eigenvalue weighted by molar-refractivity contribution is -0.129. The van der Waals surface area contributed by atoms with Gasteiger partial charge < -0.3 is 16.4 Å². The monoisotopic (exact) mass is 285 g/mol. The summed E-state index contributed by atoms with van der Waals surface area (Å²) >= 11 is 0. The predicted molar refractivity (Wildman–Crippen MR) is 82.2 cm³/mol. The third kappa shape index (κ3) is 8.91. The van der Waals surface area contributed by atoms with Crippen molar-refractivity contribution < 1.29 is 9.59 Å². The average Bonchev–Trinajstić information content (AvgIpc) is 2.32. The van der Waals surface area contributed by atoms with Gasteiger partial charge in [-0.3, -0.25) is 9.59 Å². The fourth-order valence-corrected chi connectivity index (χ4v) is 1.98. The molecule has 0 aliphatic carbocycles. The summed E-state index contributed by atoms with van der Waals surface area (Å²) in [7, 11) is 0. The van der Waals surface area contributed by atoms with E-state index in [0.717, 1.165) is 19.3 Å². The number of carbonyl (C=O) groups excluding carboxylic acids is 2. The largest absolute Gasteiger partial charge is 0.350 e. The topological polar surface area (TPSA) is 84.2 Å². The van der Waals surface area contributed by atoms with Gasteiger partial charge in [-0.1, -0.05) is 13.3 Å². The summed E-state index contributed by atoms with van der Waals surface area (Å²) in [5.74, 6) is 0.265. The van der Waals surface area contributed by atoms with Crippen LogP contribution in [0.25, 0.3) is 0 Å². The Morgan fingerprint density at radius 2 is 1.80 bits per heavy atom. The van der Waals surface area contributed by atoms with Crippen LogP contribution in [0.15, 0.2) is 0 Å². The maximum Gasteiger partial charge on any atom is 0.242 e. The normalized spacial score (nSPS) is 14.5. The summed E-state index contributed by atoms with van der Waals surface area (Å²) < 4.78 is 0. The first-order valence-corrected chi connectivity index (χ1v) is 7.51. The third-order valence-electron chi connectivity index (χ3n) is 3.20. The molecule has 0 spiro atoms. The average molecular weight is 285 g/mol. The minimum Gasteiger partial charge on any atom is -0.350 e. The fourth-order valence-electron chi connectivity index (χ4n) is 1.98. The van der Waals surface area contributed by atoms with Gasteiger partial charge in [0.15, 0.2) is 0 Å². The number of carbonyl (C=O) groups is 2. The van der Waals surface area contributed by atoms with Crippen molar-refractivity contribution in [3.63, 3.8) is 0 Å². The summed E-state index contributed by atoms with van der Waals surface area (Å²) in [6.07, 6.45) is 3.26. The minimum atomic E-state index is -0.503. The molecule has 0 aromatic heterocycles. The number of nitrogens with one attached hydrogen (secondary N) is 2. The molecule has 20 heavy (non-hydrogen) atoms. The molecule has 2 atom stereocenters. The molecular formula is C15H31N3O2. The highest BCUT2D eigenvalue weighted by Gasteiger charge is 2.20. The van der Waals surface area contributed by atoms with E-state index >= 15 is 0 Å². The second-order valence-electron chi connectivity index (χ2n) is 6.42. The fraction of sp³-hybridized carbons (Fsp3) is 0.867. The van der Waals surface area contributed by atoms with Gasteiger partial charge in [0.2, 0.25) is 11.8 Å². The first-order valence-electron chi connectivity index (χ1n) is 7.51. The summed E-state index contributed by atoms with van der Waals surface area (Å²) in [6, 6.07) is -0.503. The van der Waals surface area contributed by atoms with Gasteiger partial charge in [-0.2, -0.15) is 0 Å². The summed E-state index contributed by atoms with van der Waals surface area (Å²) in [5, 5.41) is 5.59. The lowest BCUT2D eigenvalue weighted by atomic mass is 9.96. The quantitative estimate of drug-likeness (QED) is 0.633. The second kappa shape index (κ2) is 8.95. The van der Waals surface area contributed by atoms with E-state index in [1.165, 1.54) is 0 Å². The van der Waals surface area contributed by atoms with E-state index in [0.29, 0.717) is 18.9 Å². The van der Waals surface area contributed by atoms with Crippen LogP contribution >= 0.6 is 0 Å². The molecule has 4 N–H and O–H groups in total. The third-order valence-corrected chi connectivity index (χ3v) is 3.20. The van der Waals surface area contributed by atoms with E-state index in [1.807, 2.05) is 20.8 Å². The number of hydrogen-bond acceptors (Lipinski definition) is 3. The number of nitrogens with two attached hydrogens (primary N) is 1. The molecule has 0 aliphatic rings. The van der Waals surface area contributed by atoms with Crippen LogP contribution in [0.4, 0.5) is 0 Å². The van der Waals surface area contributed by atoms with E-state index in [1.54, 1.807) is 6.92 Å². The van der Waals surface area contributed by atoms with E-state index in [4.69, 9.17) is 5.73 Å². The van der Waals surface area contributed by atoms with Crippen LogP contribution in [0.5, 0.6) is 0 Å². The van der Waals surface area contributed by atoms with Crippen LogP contribution in [-0.2, 0) is 9.59 Å². The summed E-state index contributed by atoms with van der Waals surface area (Å²) in [5.41, 5.74) is 5.25. The van der Waals surface area contributed by atoms with Crippen LogP contribution in [-0.4, -0.2) is 29.9 Å². The molecule has 0 radical (unpaired) electrons. The smallest absolute Gasteiger partial charge is 0.242 e. The highest BCUT2D eigenvalue weighted by atomic mass is 16.2. The first-order chi connectivity index (χ1) is 9.19. The zero-order valence-electron chi connectivity index (χ0n) is 13.6. The number of amides is 2. The maximum absolute atomic E-state index is 11.8. The number of rotatable bonds is 8. The number of hydrogen-bond donors (Lipinski definition) is 3. The molecule has 0 heterocycles. The predicted octanol–water partition coefficient (Wildman–Crippen LogP) is 1.56. The minimum absolute atomic E-state index is 0.0722. The Balaban J connectivity index is 4.10. The van der Waals surface area contributed by atoms with E-state index in [9.17, 15) is 9.59 Å². The lowest BCUT2D eigenvalue weighted by Crippen LogP contribution is -2.50. The SMILES string of the molecule is CCC(CCN)CCC(=O)NC(C)C(=O)NC(C)(C)C. The van der Waals surface area contributed by atoms with Gasteiger partial charge in [0, 0.05) is 12.0 Å². The van der Waals surface area contributed by atoms with Crippen molar-refractivity contribution in [1.82, 2.24) is 10.6 Å². The highest BCUT2D eigenvalue weighted by Crippen LogP contribution is 2.14. The van der Waals surface area contributed by atoms with Gasteiger partial charge in [-0.25, -0.2) is 0 Å².